The minimum atomic E-state index is -0.931. The van der Waals surface area contributed by atoms with E-state index in [0.717, 1.165) is 12.1 Å². The van der Waals surface area contributed by atoms with E-state index in [4.69, 9.17) is 5.11 Å². The summed E-state index contributed by atoms with van der Waals surface area (Å²) in [6.45, 7) is 2.23. The summed E-state index contributed by atoms with van der Waals surface area (Å²) in [5, 5.41) is 9.12. The van der Waals surface area contributed by atoms with Crippen LogP contribution in [0.25, 0.3) is 0 Å². The Morgan fingerprint density at radius 2 is 2.05 bits per heavy atom. The fraction of sp³-hybridized carbons (Fsp3) is 0.467. The van der Waals surface area contributed by atoms with Crippen LogP contribution in [-0.4, -0.2) is 35.0 Å². The molecule has 1 aromatic carbocycles. The number of carboxylic acids is 1. The van der Waals surface area contributed by atoms with Crippen molar-refractivity contribution < 1.29 is 23.5 Å². The lowest BCUT2D eigenvalue weighted by molar-refractivity contribution is -0.147. The van der Waals surface area contributed by atoms with E-state index in [1.54, 1.807) is 6.92 Å². The molecule has 1 fully saturated rings. The summed E-state index contributed by atoms with van der Waals surface area (Å²) >= 11 is 0. The van der Waals surface area contributed by atoms with Gasteiger partial charge in [-0.05, 0) is 37.5 Å². The number of rotatable bonds is 4. The topological polar surface area (TPSA) is 57.6 Å². The number of carboxylic acid groups (broad SMARTS) is 1. The number of aryl methyl sites for hydroxylation is 1. The third-order valence-electron chi connectivity index (χ3n) is 3.95. The van der Waals surface area contributed by atoms with Crippen molar-refractivity contribution in [2.24, 2.45) is 5.41 Å². The van der Waals surface area contributed by atoms with Gasteiger partial charge >= 0.3 is 5.97 Å². The highest BCUT2D eigenvalue weighted by Crippen LogP contribution is 2.30. The molecule has 2 rings (SSSR count). The number of halogens is 2. The van der Waals surface area contributed by atoms with Crippen LogP contribution in [0.2, 0.25) is 0 Å². The zero-order chi connectivity index (χ0) is 15.6. The lowest BCUT2D eigenvalue weighted by atomic mass is 9.90. The Hall–Kier alpha value is -1.98. The molecule has 1 unspecified atom stereocenters. The second-order valence-corrected chi connectivity index (χ2v) is 5.68. The standard InChI is InChI=1S/C15H17F2NO3/c1-15(14(20)21)6-7-18(9-15)13(19)5-3-10-2-4-11(16)12(17)8-10/h2,4,8H,3,5-7,9H2,1H3,(H,20,21). The highest BCUT2D eigenvalue weighted by Gasteiger charge is 2.41. The Balaban J connectivity index is 1.91. The first-order valence-corrected chi connectivity index (χ1v) is 6.77. The molecule has 0 aliphatic carbocycles. The molecular formula is C15H17F2NO3. The predicted octanol–water partition coefficient (Wildman–Crippen LogP) is 2.22. The van der Waals surface area contributed by atoms with Gasteiger partial charge in [-0.15, -0.1) is 0 Å². The van der Waals surface area contributed by atoms with Crippen LogP contribution < -0.4 is 0 Å². The van der Waals surface area contributed by atoms with E-state index < -0.39 is 23.0 Å². The predicted molar refractivity (Wildman–Crippen MR) is 71.6 cm³/mol. The van der Waals surface area contributed by atoms with Gasteiger partial charge < -0.3 is 10.0 Å². The van der Waals surface area contributed by atoms with Gasteiger partial charge in [-0.1, -0.05) is 6.07 Å². The first-order chi connectivity index (χ1) is 9.82. The fourth-order valence-electron chi connectivity index (χ4n) is 2.45. The molecule has 6 heteroatoms. The Kier molecular flexibility index (Phi) is 4.25. The lowest BCUT2D eigenvalue weighted by Gasteiger charge is -2.20. The van der Waals surface area contributed by atoms with Crippen LogP contribution in [0.3, 0.4) is 0 Å². The van der Waals surface area contributed by atoms with E-state index in [0.29, 0.717) is 24.9 Å². The highest BCUT2D eigenvalue weighted by molar-refractivity contribution is 5.80. The number of carbonyl (C=O) groups is 2. The molecule has 1 aromatic rings. The molecule has 1 N–H and O–H groups in total. The van der Waals surface area contributed by atoms with Gasteiger partial charge in [-0.3, -0.25) is 9.59 Å². The summed E-state index contributed by atoms with van der Waals surface area (Å²) in [6, 6.07) is 3.55. The van der Waals surface area contributed by atoms with E-state index in [9.17, 15) is 18.4 Å². The van der Waals surface area contributed by atoms with Crippen molar-refractivity contribution in [3.05, 3.63) is 35.4 Å². The molecule has 21 heavy (non-hydrogen) atoms. The number of carbonyl (C=O) groups excluding carboxylic acids is 1. The molecular weight excluding hydrogens is 280 g/mol. The SMILES string of the molecule is CC1(C(=O)O)CCN(C(=O)CCc2ccc(F)c(F)c2)C1. The number of likely N-dealkylation sites (tertiary alicyclic amines) is 1. The average molecular weight is 297 g/mol. The quantitative estimate of drug-likeness (QED) is 0.927. The highest BCUT2D eigenvalue weighted by atomic mass is 19.2. The molecule has 1 atom stereocenters. The van der Waals surface area contributed by atoms with Gasteiger partial charge in [0.1, 0.15) is 0 Å². The van der Waals surface area contributed by atoms with Gasteiger partial charge in [0, 0.05) is 19.5 Å². The zero-order valence-corrected chi connectivity index (χ0v) is 11.7. The number of hydrogen-bond acceptors (Lipinski definition) is 2. The summed E-state index contributed by atoms with van der Waals surface area (Å²) in [4.78, 5) is 24.7. The lowest BCUT2D eigenvalue weighted by Crippen LogP contribution is -2.34. The van der Waals surface area contributed by atoms with Crippen LogP contribution in [0.15, 0.2) is 18.2 Å². The Morgan fingerprint density at radius 3 is 2.62 bits per heavy atom. The molecule has 1 amide bonds. The van der Waals surface area contributed by atoms with Crippen molar-refractivity contribution in [3.63, 3.8) is 0 Å². The maximum Gasteiger partial charge on any atom is 0.311 e. The van der Waals surface area contributed by atoms with Crippen LogP contribution in [0.4, 0.5) is 8.78 Å². The Bertz CT molecular complexity index is 576. The van der Waals surface area contributed by atoms with Crippen LogP contribution in [-0.2, 0) is 16.0 Å². The van der Waals surface area contributed by atoms with Gasteiger partial charge in [-0.2, -0.15) is 0 Å². The van der Waals surface area contributed by atoms with E-state index in [2.05, 4.69) is 0 Å². The Labute approximate surface area is 121 Å². The van der Waals surface area contributed by atoms with Crippen LogP contribution in [0.5, 0.6) is 0 Å². The average Bonchev–Trinajstić information content (AvgIpc) is 2.84. The molecule has 1 aliphatic heterocycles. The van der Waals surface area contributed by atoms with E-state index in [1.165, 1.54) is 11.0 Å². The van der Waals surface area contributed by atoms with Crippen LogP contribution >= 0.6 is 0 Å². The maximum absolute atomic E-state index is 13.1. The van der Waals surface area contributed by atoms with Crippen LogP contribution in [0.1, 0.15) is 25.3 Å². The van der Waals surface area contributed by atoms with Crippen molar-refractivity contribution in [3.8, 4) is 0 Å². The third-order valence-corrected chi connectivity index (χ3v) is 3.95. The van der Waals surface area contributed by atoms with Gasteiger partial charge in [0.25, 0.3) is 0 Å². The molecule has 0 radical (unpaired) electrons. The van der Waals surface area contributed by atoms with E-state index in [1.807, 2.05) is 0 Å². The van der Waals surface area contributed by atoms with E-state index >= 15 is 0 Å². The van der Waals surface area contributed by atoms with Gasteiger partial charge in [0.15, 0.2) is 11.6 Å². The van der Waals surface area contributed by atoms with Gasteiger partial charge in [0.2, 0.25) is 5.91 Å². The van der Waals surface area contributed by atoms with Crippen molar-refractivity contribution >= 4 is 11.9 Å². The normalized spacial score (nSPS) is 21.6. The number of amides is 1. The van der Waals surface area contributed by atoms with Gasteiger partial charge in [-0.25, -0.2) is 8.78 Å². The first kappa shape index (κ1) is 15.4. The largest absolute Gasteiger partial charge is 0.481 e. The van der Waals surface area contributed by atoms with Crippen molar-refractivity contribution in [1.29, 1.82) is 0 Å². The molecule has 1 heterocycles. The van der Waals surface area contributed by atoms with Crippen molar-refractivity contribution in [2.75, 3.05) is 13.1 Å². The molecule has 0 saturated carbocycles. The van der Waals surface area contributed by atoms with Crippen molar-refractivity contribution in [1.82, 2.24) is 4.90 Å². The summed E-state index contributed by atoms with van der Waals surface area (Å²) in [5.41, 5.74) is -0.347. The number of nitrogens with zero attached hydrogens (tertiary/aromatic N) is 1. The molecule has 0 spiro atoms. The fourth-order valence-corrected chi connectivity index (χ4v) is 2.45. The summed E-state index contributed by atoms with van der Waals surface area (Å²) in [7, 11) is 0. The first-order valence-electron chi connectivity index (χ1n) is 6.77. The summed E-state index contributed by atoms with van der Waals surface area (Å²) in [6.07, 6.45) is 0.885. The zero-order valence-electron chi connectivity index (χ0n) is 11.7. The molecule has 0 aromatic heterocycles. The molecule has 1 aliphatic rings. The summed E-state index contributed by atoms with van der Waals surface area (Å²) in [5.74, 6) is -2.91. The number of aliphatic carboxylic acids is 1. The number of benzene rings is 1. The second-order valence-electron chi connectivity index (χ2n) is 5.68. The molecule has 0 bridgehead atoms. The molecule has 1 saturated heterocycles. The minimum absolute atomic E-state index is 0.154. The third kappa shape index (κ3) is 3.37. The number of hydrogen-bond donors (Lipinski definition) is 1. The minimum Gasteiger partial charge on any atom is -0.481 e. The molecule has 4 nitrogen and oxygen atoms in total. The van der Waals surface area contributed by atoms with E-state index in [-0.39, 0.29) is 18.9 Å². The van der Waals surface area contributed by atoms with Crippen molar-refractivity contribution in [2.45, 2.75) is 26.2 Å². The van der Waals surface area contributed by atoms with Crippen LogP contribution in [0, 0.1) is 17.0 Å². The van der Waals surface area contributed by atoms with Gasteiger partial charge in [0.05, 0.1) is 5.41 Å². The monoisotopic (exact) mass is 297 g/mol. The summed E-state index contributed by atoms with van der Waals surface area (Å²) < 4.78 is 25.9. The second kappa shape index (κ2) is 5.79. The smallest absolute Gasteiger partial charge is 0.311 e. The molecule has 114 valence electrons. The Morgan fingerprint density at radius 1 is 1.33 bits per heavy atom. The maximum atomic E-state index is 13.1.